The molecule has 0 bridgehead atoms. The van der Waals surface area contributed by atoms with Gasteiger partial charge >= 0.3 is 5.97 Å². The number of esters is 1. The molecule has 4 nitrogen and oxygen atoms in total. The van der Waals surface area contributed by atoms with Crippen molar-refractivity contribution in [2.45, 2.75) is 45.3 Å². The standard InChI is InChI=1S/C16H23NO3/c1-11-13(15(18)19-4)6-5-7-14(11)17-12-8-9-20-16(2,3)10-12/h5-7,12,17H,8-10H2,1-4H3. The molecule has 0 spiro atoms. The number of carbonyl (C=O) groups excluding carboxylic acids is 1. The molecule has 1 N–H and O–H groups in total. The number of hydrogen-bond acceptors (Lipinski definition) is 4. The Balaban J connectivity index is 2.15. The van der Waals surface area contributed by atoms with Crippen LogP contribution in [0.25, 0.3) is 0 Å². The summed E-state index contributed by atoms with van der Waals surface area (Å²) in [6.07, 6.45) is 1.93. The fourth-order valence-corrected chi connectivity index (χ4v) is 2.70. The lowest BCUT2D eigenvalue weighted by atomic mass is 9.93. The molecule has 0 radical (unpaired) electrons. The number of carbonyl (C=O) groups is 1. The van der Waals surface area contributed by atoms with E-state index in [0.29, 0.717) is 11.6 Å². The van der Waals surface area contributed by atoms with Crippen LogP contribution in [0.2, 0.25) is 0 Å². The van der Waals surface area contributed by atoms with Gasteiger partial charge in [0, 0.05) is 18.3 Å². The van der Waals surface area contributed by atoms with Crippen molar-refractivity contribution in [3.63, 3.8) is 0 Å². The highest BCUT2D eigenvalue weighted by atomic mass is 16.5. The van der Waals surface area contributed by atoms with E-state index >= 15 is 0 Å². The lowest BCUT2D eigenvalue weighted by molar-refractivity contribution is -0.0553. The highest BCUT2D eigenvalue weighted by Gasteiger charge is 2.29. The van der Waals surface area contributed by atoms with E-state index < -0.39 is 0 Å². The van der Waals surface area contributed by atoms with Gasteiger partial charge in [0.2, 0.25) is 0 Å². The third-order valence-electron chi connectivity index (χ3n) is 3.80. The molecule has 1 unspecified atom stereocenters. The van der Waals surface area contributed by atoms with E-state index in [1.54, 1.807) is 6.07 Å². The van der Waals surface area contributed by atoms with E-state index in [1.165, 1.54) is 7.11 Å². The molecule has 1 atom stereocenters. The van der Waals surface area contributed by atoms with Crippen molar-refractivity contribution in [3.05, 3.63) is 29.3 Å². The molecule has 0 saturated carbocycles. The van der Waals surface area contributed by atoms with Crippen molar-refractivity contribution < 1.29 is 14.3 Å². The molecule has 20 heavy (non-hydrogen) atoms. The van der Waals surface area contributed by atoms with Crippen molar-refractivity contribution in [1.29, 1.82) is 0 Å². The zero-order chi connectivity index (χ0) is 14.8. The van der Waals surface area contributed by atoms with Gasteiger partial charge in [-0.15, -0.1) is 0 Å². The Bertz CT molecular complexity index is 496. The normalized spacial score (nSPS) is 21.3. The van der Waals surface area contributed by atoms with Gasteiger partial charge in [-0.1, -0.05) is 6.07 Å². The molecule has 1 fully saturated rings. The Hall–Kier alpha value is -1.55. The van der Waals surface area contributed by atoms with Gasteiger partial charge in [-0.25, -0.2) is 4.79 Å². The minimum absolute atomic E-state index is 0.0935. The van der Waals surface area contributed by atoms with Crippen molar-refractivity contribution >= 4 is 11.7 Å². The van der Waals surface area contributed by atoms with Crippen LogP contribution >= 0.6 is 0 Å². The SMILES string of the molecule is COC(=O)c1cccc(NC2CCOC(C)(C)C2)c1C. The third kappa shape index (κ3) is 3.31. The largest absolute Gasteiger partial charge is 0.465 e. The van der Waals surface area contributed by atoms with E-state index in [1.807, 2.05) is 19.1 Å². The summed E-state index contributed by atoms with van der Waals surface area (Å²) in [4.78, 5) is 11.7. The van der Waals surface area contributed by atoms with Gasteiger partial charge < -0.3 is 14.8 Å². The first-order chi connectivity index (χ1) is 9.43. The fourth-order valence-electron chi connectivity index (χ4n) is 2.70. The monoisotopic (exact) mass is 277 g/mol. The predicted molar refractivity (Wildman–Crippen MR) is 79.2 cm³/mol. The molecule has 1 aromatic carbocycles. The maximum absolute atomic E-state index is 11.7. The van der Waals surface area contributed by atoms with Gasteiger partial charge in [0.1, 0.15) is 0 Å². The summed E-state index contributed by atoms with van der Waals surface area (Å²) in [5.74, 6) is -0.293. The molecule has 1 aliphatic heterocycles. The Morgan fingerprint density at radius 1 is 1.45 bits per heavy atom. The lowest BCUT2D eigenvalue weighted by Crippen LogP contribution is -2.40. The molecule has 0 amide bonds. The molecule has 110 valence electrons. The number of anilines is 1. The summed E-state index contributed by atoms with van der Waals surface area (Å²) in [6.45, 7) is 6.93. The van der Waals surface area contributed by atoms with Crippen LogP contribution in [0.5, 0.6) is 0 Å². The van der Waals surface area contributed by atoms with Crippen LogP contribution < -0.4 is 5.32 Å². The maximum atomic E-state index is 11.7. The second-order valence-electron chi connectivity index (χ2n) is 5.91. The topological polar surface area (TPSA) is 47.6 Å². The lowest BCUT2D eigenvalue weighted by Gasteiger charge is -2.36. The molecular weight excluding hydrogens is 254 g/mol. The van der Waals surface area contributed by atoms with Crippen LogP contribution in [0.3, 0.4) is 0 Å². The number of nitrogens with one attached hydrogen (secondary N) is 1. The molecule has 1 saturated heterocycles. The van der Waals surface area contributed by atoms with Gasteiger partial charge in [-0.3, -0.25) is 0 Å². The first-order valence-corrected chi connectivity index (χ1v) is 7.01. The molecular formula is C16H23NO3. The summed E-state index contributed by atoms with van der Waals surface area (Å²) in [7, 11) is 1.41. The second kappa shape index (κ2) is 5.83. The number of hydrogen-bond donors (Lipinski definition) is 1. The fraction of sp³-hybridized carbons (Fsp3) is 0.562. The summed E-state index contributed by atoms with van der Waals surface area (Å²) < 4.78 is 10.5. The summed E-state index contributed by atoms with van der Waals surface area (Å²) in [6, 6.07) is 6.04. The van der Waals surface area contributed by atoms with Crippen LogP contribution in [0.1, 0.15) is 42.6 Å². The zero-order valence-electron chi connectivity index (χ0n) is 12.7. The molecule has 0 aliphatic carbocycles. The van der Waals surface area contributed by atoms with Gasteiger partial charge in [0.25, 0.3) is 0 Å². The summed E-state index contributed by atoms with van der Waals surface area (Å²) >= 11 is 0. The molecule has 1 heterocycles. The number of benzene rings is 1. The van der Waals surface area contributed by atoms with Crippen LogP contribution in [-0.2, 0) is 9.47 Å². The van der Waals surface area contributed by atoms with Crippen molar-refractivity contribution in [1.82, 2.24) is 0 Å². The van der Waals surface area contributed by atoms with Gasteiger partial charge in [0.15, 0.2) is 0 Å². The summed E-state index contributed by atoms with van der Waals surface area (Å²) in [5.41, 5.74) is 2.45. The van der Waals surface area contributed by atoms with Crippen LogP contribution in [0, 0.1) is 6.92 Å². The number of ether oxygens (including phenoxy) is 2. The highest BCUT2D eigenvalue weighted by Crippen LogP contribution is 2.28. The molecule has 2 rings (SSSR count). The summed E-state index contributed by atoms with van der Waals surface area (Å²) in [5, 5.41) is 3.54. The van der Waals surface area contributed by atoms with Gasteiger partial charge in [-0.2, -0.15) is 0 Å². The molecule has 1 aromatic rings. The van der Waals surface area contributed by atoms with Gasteiger partial charge in [0.05, 0.1) is 18.3 Å². The van der Waals surface area contributed by atoms with E-state index in [0.717, 1.165) is 30.7 Å². The smallest absolute Gasteiger partial charge is 0.338 e. The highest BCUT2D eigenvalue weighted by molar-refractivity contribution is 5.92. The average molecular weight is 277 g/mol. The van der Waals surface area contributed by atoms with Crippen molar-refractivity contribution in [3.8, 4) is 0 Å². The Morgan fingerprint density at radius 2 is 2.20 bits per heavy atom. The Morgan fingerprint density at radius 3 is 2.85 bits per heavy atom. The Kier molecular flexibility index (Phi) is 4.33. The van der Waals surface area contributed by atoms with E-state index in [9.17, 15) is 4.79 Å². The van der Waals surface area contributed by atoms with Crippen LogP contribution in [-0.4, -0.2) is 31.3 Å². The predicted octanol–water partition coefficient (Wildman–Crippen LogP) is 3.15. The maximum Gasteiger partial charge on any atom is 0.338 e. The molecule has 4 heteroatoms. The second-order valence-corrected chi connectivity index (χ2v) is 5.91. The van der Waals surface area contributed by atoms with E-state index in [-0.39, 0.29) is 11.6 Å². The third-order valence-corrected chi connectivity index (χ3v) is 3.80. The van der Waals surface area contributed by atoms with E-state index in [4.69, 9.17) is 9.47 Å². The van der Waals surface area contributed by atoms with E-state index in [2.05, 4.69) is 19.2 Å². The first kappa shape index (κ1) is 14.9. The molecule has 0 aromatic heterocycles. The minimum Gasteiger partial charge on any atom is -0.465 e. The average Bonchev–Trinajstić information content (AvgIpc) is 2.39. The Labute approximate surface area is 120 Å². The number of methoxy groups -OCH3 is 1. The van der Waals surface area contributed by atoms with Crippen molar-refractivity contribution in [2.75, 3.05) is 19.0 Å². The number of rotatable bonds is 3. The molecule has 1 aliphatic rings. The van der Waals surface area contributed by atoms with Gasteiger partial charge in [-0.05, 0) is 51.3 Å². The van der Waals surface area contributed by atoms with Crippen molar-refractivity contribution in [2.24, 2.45) is 0 Å². The van der Waals surface area contributed by atoms with Crippen LogP contribution in [0.15, 0.2) is 18.2 Å². The zero-order valence-corrected chi connectivity index (χ0v) is 12.7. The minimum atomic E-state index is -0.293. The first-order valence-electron chi connectivity index (χ1n) is 7.01. The quantitative estimate of drug-likeness (QED) is 0.862. The van der Waals surface area contributed by atoms with Crippen LogP contribution in [0.4, 0.5) is 5.69 Å².